The minimum Gasteiger partial charge on any atom is -0.372 e. The van der Waals surface area contributed by atoms with E-state index in [0.29, 0.717) is 0 Å². The second kappa shape index (κ2) is 5.66. The Morgan fingerprint density at radius 1 is 1.30 bits per heavy atom. The van der Waals surface area contributed by atoms with Gasteiger partial charge in [-0.25, -0.2) is 9.37 Å². The van der Waals surface area contributed by atoms with Crippen LogP contribution in [0.25, 0.3) is 22.8 Å². The Bertz CT molecular complexity index is 867. The van der Waals surface area contributed by atoms with Crippen LogP contribution < -0.4 is 4.90 Å². The van der Waals surface area contributed by atoms with E-state index in [1.807, 2.05) is 24.4 Å². The molecule has 3 aromatic rings. The molecule has 23 heavy (non-hydrogen) atoms. The molecule has 1 aromatic carbocycles. The maximum Gasteiger partial charge on any atom is 0.139 e. The summed E-state index contributed by atoms with van der Waals surface area (Å²) in [4.78, 5) is 6.92. The number of benzene rings is 1. The van der Waals surface area contributed by atoms with Gasteiger partial charge >= 0.3 is 0 Å². The SMILES string of the molecule is C=Cc1ccc2c(c1)nc1cc(N3CC(OCCF)C3)ccn12. The predicted octanol–water partition coefficient (Wildman–Crippen LogP) is 3.31. The number of rotatable bonds is 5. The lowest BCUT2D eigenvalue weighted by Crippen LogP contribution is -2.52. The minimum absolute atomic E-state index is 0.135. The van der Waals surface area contributed by atoms with E-state index in [1.165, 1.54) is 0 Å². The third-order valence-corrected chi connectivity index (χ3v) is 4.29. The fourth-order valence-corrected chi connectivity index (χ4v) is 3.01. The first-order valence-electron chi connectivity index (χ1n) is 7.75. The predicted molar refractivity (Wildman–Crippen MR) is 90.7 cm³/mol. The van der Waals surface area contributed by atoms with Crippen LogP contribution in [0.2, 0.25) is 0 Å². The number of aromatic nitrogens is 2. The van der Waals surface area contributed by atoms with Crippen LogP contribution in [0.3, 0.4) is 0 Å². The molecule has 0 atom stereocenters. The van der Waals surface area contributed by atoms with Crippen LogP contribution in [0.4, 0.5) is 10.1 Å². The summed E-state index contributed by atoms with van der Waals surface area (Å²) < 4.78 is 19.6. The molecule has 3 heterocycles. The van der Waals surface area contributed by atoms with Crippen LogP contribution in [0, 0.1) is 0 Å². The Balaban J connectivity index is 1.61. The van der Waals surface area contributed by atoms with Gasteiger partial charge in [0.1, 0.15) is 12.3 Å². The summed E-state index contributed by atoms with van der Waals surface area (Å²) in [7, 11) is 0. The fraction of sp³-hybridized carbons (Fsp3) is 0.278. The van der Waals surface area contributed by atoms with Gasteiger partial charge in [0.25, 0.3) is 0 Å². The zero-order chi connectivity index (χ0) is 15.8. The van der Waals surface area contributed by atoms with Crippen LogP contribution in [0.15, 0.2) is 43.1 Å². The lowest BCUT2D eigenvalue weighted by atomic mass is 10.1. The molecule has 1 fully saturated rings. The van der Waals surface area contributed by atoms with E-state index in [0.717, 1.165) is 41.0 Å². The van der Waals surface area contributed by atoms with E-state index in [-0.39, 0.29) is 12.7 Å². The number of ether oxygens (including phenoxy) is 1. The average molecular weight is 311 g/mol. The van der Waals surface area contributed by atoms with E-state index in [1.54, 1.807) is 0 Å². The highest BCUT2D eigenvalue weighted by molar-refractivity contribution is 5.83. The molecule has 0 saturated carbocycles. The summed E-state index contributed by atoms with van der Waals surface area (Å²) in [6, 6.07) is 10.3. The summed E-state index contributed by atoms with van der Waals surface area (Å²) in [5.41, 5.74) is 5.16. The zero-order valence-electron chi connectivity index (χ0n) is 12.8. The van der Waals surface area contributed by atoms with E-state index < -0.39 is 6.67 Å². The molecular weight excluding hydrogens is 293 g/mol. The van der Waals surface area contributed by atoms with Gasteiger partial charge in [-0.2, -0.15) is 0 Å². The lowest BCUT2D eigenvalue weighted by Gasteiger charge is -2.40. The number of halogens is 1. The molecule has 0 N–H and O–H groups in total. The minimum atomic E-state index is -0.421. The maximum absolute atomic E-state index is 12.1. The van der Waals surface area contributed by atoms with Crippen molar-refractivity contribution in [2.24, 2.45) is 0 Å². The molecule has 0 amide bonds. The van der Waals surface area contributed by atoms with Crippen molar-refractivity contribution in [3.63, 3.8) is 0 Å². The van der Waals surface area contributed by atoms with Crippen LogP contribution in [-0.4, -0.2) is 41.9 Å². The number of anilines is 1. The molecule has 0 bridgehead atoms. The topological polar surface area (TPSA) is 29.8 Å². The summed E-state index contributed by atoms with van der Waals surface area (Å²) >= 11 is 0. The van der Waals surface area contributed by atoms with Crippen LogP contribution in [-0.2, 0) is 4.74 Å². The highest BCUT2D eigenvalue weighted by atomic mass is 19.1. The molecule has 0 radical (unpaired) electrons. The third-order valence-electron chi connectivity index (χ3n) is 4.29. The number of hydrogen-bond donors (Lipinski definition) is 0. The van der Waals surface area contributed by atoms with Crippen molar-refractivity contribution in [3.8, 4) is 0 Å². The van der Waals surface area contributed by atoms with Crippen molar-refractivity contribution in [2.45, 2.75) is 6.10 Å². The Hall–Kier alpha value is -2.40. The van der Waals surface area contributed by atoms with Crippen LogP contribution in [0.5, 0.6) is 0 Å². The van der Waals surface area contributed by atoms with Gasteiger partial charge in [0.05, 0.1) is 23.7 Å². The molecule has 2 aromatic heterocycles. The monoisotopic (exact) mass is 311 g/mol. The molecule has 4 rings (SSSR count). The molecule has 0 spiro atoms. The van der Waals surface area contributed by atoms with E-state index in [9.17, 15) is 4.39 Å². The number of imidazole rings is 1. The molecule has 1 aliphatic heterocycles. The molecule has 4 nitrogen and oxygen atoms in total. The summed E-state index contributed by atoms with van der Waals surface area (Å²) in [5.74, 6) is 0. The Morgan fingerprint density at radius 3 is 2.96 bits per heavy atom. The first-order valence-corrected chi connectivity index (χ1v) is 7.75. The number of alkyl halides is 1. The molecule has 1 aliphatic rings. The van der Waals surface area contributed by atoms with Crippen molar-refractivity contribution in [1.82, 2.24) is 9.38 Å². The van der Waals surface area contributed by atoms with Crippen molar-refractivity contribution in [2.75, 3.05) is 31.3 Å². The molecule has 0 aliphatic carbocycles. The first-order chi connectivity index (χ1) is 11.3. The van der Waals surface area contributed by atoms with Gasteiger partial charge < -0.3 is 9.64 Å². The Kier molecular flexibility index (Phi) is 3.50. The molecule has 118 valence electrons. The van der Waals surface area contributed by atoms with Gasteiger partial charge in [0.2, 0.25) is 0 Å². The standard InChI is InChI=1S/C18H18FN3O/c1-2-13-3-4-17-16(9-13)20-18-10-14(5-7-22(17)18)21-11-15(12-21)23-8-6-19/h2-5,7,9-10,15H,1,6,8,11-12H2. The van der Waals surface area contributed by atoms with Crippen molar-refractivity contribution < 1.29 is 9.13 Å². The first kappa shape index (κ1) is 14.2. The van der Waals surface area contributed by atoms with E-state index in [4.69, 9.17) is 9.72 Å². The van der Waals surface area contributed by atoms with Crippen molar-refractivity contribution in [3.05, 3.63) is 48.7 Å². The molecule has 1 saturated heterocycles. The number of pyridine rings is 1. The molecule has 5 heteroatoms. The summed E-state index contributed by atoms with van der Waals surface area (Å²) in [6.45, 7) is 5.17. The maximum atomic E-state index is 12.1. The van der Waals surface area contributed by atoms with Gasteiger partial charge in [0.15, 0.2) is 0 Å². The highest BCUT2D eigenvalue weighted by Gasteiger charge is 2.27. The second-order valence-electron chi connectivity index (χ2n) is 5.76. The largest absolute Gasteiger partial charge is 0.372 e. The Morgan fingerprint density at radius 2 is 2.17 bits per heavy atom. The van der Waals surface area contributed by atoms with Gasteiger partial charge in [-0.3, -0.25) is 4.40 Å². The normalized spacial score (nSPS) is 15.3. The number of fused-ring (bicyclic) bond motifs is 3. The van der Waals surface area contributed by atoms with Crippen LogP contribution in [0.1, 0.15) is 5.56 Å². The van der Waals surface area contributed by atoms with E-state index >= 15 is 0 Å². The fourth-order valence-electron chi connectivity index (χ4n) is 3.01. The van der Waals surface area contributed by atoms with Crippen molar-refractivity contribution >= 4 is 28.4 Å². The smallest absolute Gasteiger partial charge is 0.139 e. The quantitative estimate of drug-likeness (QED) is 0.724. The molecular formula is C18H18FN3O. The second-order valence-corrected chi connectivity index (χ2v) is 5.76. The van der Waals surface area contributed by atoms with Gasteiger partial charge in [0, 0.05) is 31.0 Å². The average Bonchev–Trinajstić information content (AvgIpc) is 2.90. The lowest BCUT2D eigenvalue weighted by molar-refractivity contribution is 0.0268. The van der Waals surface area contributed by atoms with Gasteiger partial charge in [-0.15, -0.1) is 0 Å². The molecule has 0 unspecified atom stereocenters. The van der Waals surface area contributed by atoms with E-state index in [2.05, 4.69) is 34.1 Å². The zero-order valence-corrected chi connectivity index (χ0v) is 12.8. The summed E-state index contributed by atoms with van der Waals surface area (Å²) in [6.07, 6.45) is 4.01. The van der Waals surface area contributed by atoms with Gasteiger partial charge in [-0.05, 0) is 23.8 Å². The van der Waals surface area contributed by atoms with Crippen LogP contribution >= 0.6 is 0 Å². The highest BCUT2D eigenvalue weighted by Crippen LogP contribution is 2.26. The Labute approximate surface area is 133 Å². The van der Waals surface area contributed by atoms with Gasteiger partial charge in [-0.1, -0.05) is 18.7 Å². The summed E-state index contributed by atoms with van der Waals surface area (Å²) in [5, 5.41) is 0. The number of hydrogen-bond acceptors (Lipinski definition) is 3. The number of nitrogens with zero attached hydrogens (tertiary/aromatic N) is 3. The third kappa shape index (κ3) is 2.47. The van der Waals surface area contributed by atoms with Crippen molar-refractivity contribution in [1.29, 1.82) is 0 Å².